The van der Waals surface area contributed by atoms with Crippen molar-refractivity contribution in [3.63, 3.8) is 0 Å². The van der Waals surface area contributed by atoms with Crippen LogP contribution in [0.3, 0.4) is 0 Å². The molecule has 0 spiro atoms. The number of fused-ring (bicyclic) bond motifs is 3. The third kappa shape index (κ3) is 4.04. The van der Waals surface area contributed by atoms with Gasteiger partial charge in [-0.25, -0.2) is 0 Å². The van der Waals surface area contributed by atoms with Gasteiger partial charge < -0.3 is 4.57 Å². The highest BCUT2D eigenvalue weighted by Crippen LogP contribution is 2.36. The minimum Gasteiger partial charge on any atom is -0.309 e. The minimum atomic E-state index is 0.475. The van der Waals surface area contributed by atoms with E-state index in [9.17, 15) is 21.0 Å². The van der Waals surface area contributed by atoms with Gasteiger partial charge in [0.25, 0.3) is 0 Å². The summed E-state index contributed by atoms with van der Waals surface area (Å²) in [6.45, 7) is 0. The minimum absolute atomic E-state index is 0.475. The number of hydrogen-bond donors (Lipinski definition) is 0. The van der Waals surface area contributed by atoms with Crippen molar-refractivity contribution in [3.8, 4) is 52.2 Å². The Morgan fingerprint density at radius 3 is 1.44 bits per heavy atom. The highest BCUT2D eigenvalue weighted by Gasteiger charge is 2.16. The molecule has 0 bridgehead atoms. The number of aromatic nitrogens is 1. The molecule has 178 valence electrons. The summed E-state index contributed by atoms with van der Waals surface area (Å²) < 4.78 is 2.05. The lowest BCUT2D eigenvalue weighted by Crippen LogP contribution is -1.96. The van der Waals surface area contributed by atoms with Crippen LogP contribution in [0.25, 0.3) is 49.7 Å². The summed E-state index contributed by atoms with van der Waals surface area (Å²) in [6.07, 6.45) is 0. The van der Waals surface area contributed by atoms with Crippen molar-refractivity contribution in [2.45, 2.75) is 0 Å². The van der Waals surface area contributed by atoms with E-state index in [-0.39, 0.29) is 0 Å². The van der Waals surface area contributed by atoms with Gasteiger partial charge in [-0.15, -0.1) is 0 Å². The molecule has 0 fully saturated rings. The molecular formula is C34H17N5. The van der Waals surface area contributed by atoms with Crippen LogP contribution >= 0.6 is 0 Å². The van der Waals surface area contributed by atoms with Crippen molar-refractivity contribution in [2.75, 3.05) is 0 Å². The fourth-order valence-electron chi connectivity index (χ4n) is 5.07. The molecule has 6 rings (SSSR count). The van der Waals surface area contributed by atoms with Crippen molar-refractivity contribution in [3.05, 3.63) is 125 Å². The molecule has 0 saturated heterocycles. The lowest BCUT2D eigenvalue weighted by atomic mass is 9.95. The summed E-state index contributed by atoms with van der Waals surface area (Å²) >= 11 is 0. The van der Waals surface area contributed by atoms with E-state index in [1.807, 2.05) is 95.6 Å². The van der Waals surface area contributed by atoms with Gasteiger partial charge in [-0.2, -0.15) is 21.0 Å². The highest BCUT2D eigenvalue weighted by atomic mass is 15.0. The Labute approximate surface area is 224 Å². The third-order valence-electron chi connectivity index (χ3n) is 6.83. The number of benzene rings is 5. The van der Waals surface area contributed by atoms with Crippen molar-refractivity contribution in [2.24, 2.45) is 0 Å². The largest absolute Gasteiger partial charge is 0.309 e. The van der Waals surface area contributed by atoms with Gasteiger partial charge in [-0.1, -0.05) is 30.3 Å². The lowest BCUT2D eigenvalue weighted by molar-refractivity contribution is 1.18. The molecule has 0 radical (unpaired) electrons. The number of hydrogen-bond acceptors (Lipinski definition) is 4. The Kier molecular flexibility index (Phi) is 5.60. The van der Waals surface area contributed by atoms with Gasteiger partial charge in [-0.05, 0) is 95.1 Å². The van der Waals surface area contributed by atoms with Gasteiger partial charge in [0.1, 0.15) is 0 Å². The molecule has 0 N–H and O–H groups in total. The first kappa shape index (κ1) is 23.3. The quantitative estimate of drug-likeness (QED) is 0.252. The molecule has 5 aromatic carbocycles. The summed E-state index contributed by atoms with van der Waals surface area (Å²) in [5.74, 6) is 0. The van der Waals surface area contributed by atoms with Crippen LogP contribution in [0.2, 0.25) is 0 Å². The van der Waals surface area contributed by atoms with Crippen molar-refractivity contribution in [1.82, 2.24) is 4.57 Å². The second-order valence-electron chi connectivity index (χ2n) is 9.18. The fraction of sp³-hybridized carbons (Fsp3) is 0. The van der Waals surface area contributed by atoms with Crippen LogP contribution in [0.5, 0.6) is 0 Å². The maximum absolute atomic E-state index is 9.94. The summed E-state index contributed by atoms with van der Waals surface area (Å²) in [7, 11) is 0. The van der Waals surface area contributed by atoms with Gasteiger partial charge in [0, 0.05) is 16.5 Å². The smallest absolute Gasteiger partial charge is 0.0992 e. The van der Waals surface area contributed by atoms with Crippen LogP contribution in [-0.4, -0.2) is 4.57 Å². The zero-order valence-corrected chi connectivity index (χ0v) is 20.6. The topological polar surface area (TPSA) is 100 Å². The number of nitrogens with zero attached hydrogens (tertiary/aromatic N) is 5. The first-order valence-electron chi connectivity index (χ1n) is 12.2. The van der Waals surface area contributed by atoms with Gasteiger partial charge in [0.05, 0.1) is 57.6 Å². The molecule has 5 nitrogen and oxygen atoms in total. The maximum atomic E-state index is 9.94. The summed E-state index contributed by atoms with van der Waals surface area (Å²) in [5, 5.41) is 40.4. The molecule has 0 unspecified atom stereocenters. The molecule has 1 heterocycles. The molecule has 0 atom stereocenters. The molecular weight excluding hydrogens is 478 g/mol. The monoisotopic (exact) mass is 495 g/mol. The molecule has 0 aliphatic heterocycles. The highest BCUT2D eigenvalue weighted by molar-refractivity contribution is 6.10. The molecule has 5 heteroatoms. The van der Waals surface area contributed by atoms with E-state index in [4.69, 9.17) is 0 Å². The molecule has 0 aliphatic carbocycles. The van der Waals surface area contributed by atoms with Gasteiger partial charge >= 0.3 is 0 Å². The second kappa shape index (κ2) is 9.38. The maximum Gasteiger partial charge on any atom is 0.0992 e. The van der Waals surface area contributed by atoms with Crippen molar-refractivity contribution in [1.29, 1.82) is 21.0 Å². The second-order valence-corrected chi connectivity index (χ2v) is 9.18. The predicted octanol–water partition coefficient (Wildman–Crippen LogP) is 7.60. The van der Waals surface area contributed by atoms with E-state index in [1.54, 1.807) is 12.1 Å². The molecule has 0 saturated carbocycles. The van der Waals surface area contributed by atoms with Gasteiger partial charge in [0.2, 0.25) is 0 Å². The molecule has 1 aromatic heterocycles. The third-order valence-corrected chi connectivity index (χ3v) is 6.83. The summed E-state index contributed by atoms with van der Waals surface area (Å²) in [6, 6.07) is 41.1. The normalized spacial score (nSPS) is 10.5. The Bertz CT molecular complexity index is 2040. The van der Waals surface area contributed by atoms with E-state index in [2.05, 4.69) is 24.3 Å². The van der Waals surface area contributed by atoms with Crippen LogP contribution < -0.4 is 0 Å². The van der Waals surface area contributed by atoms with E-state index >= 15 is 0 Å². The van der Waals surface area contributed by atoms with E-state index < -0.39 is 0 Å². The average molecular weight is 496 g/mol. The Balaban J connectivity index is 1.63. The lowest BCUT2D eigenvalue weighted by Gasteiger charge is -2.13. The Hall–Kier alpha value is -6.14. The van der Waals surface area contributed by atoms with Crippen LogP contribution in [0.1, 0.15) is 22.3 Å². The molecule has 0 aliphatic rings. The SMILES string of the molecule is N#Cc1cc(-c2ccccc2)cc(-c2cc(C#N)cc(-n3c4ccc(C#N)cc4c4cc(C#N)ccc43)c2)c1. The fourth-order valence-corrected chi connectivity index (χ4v) is 5.07. The number of rotatable bonds is 3. The van der Waals surface area contributed by atoms with Crippen LogP contribution in [0.15, 0.2) is 103 Å². The van der Waals surface area contributed by atoms with Crippen LogP contribution in [-0.2, 0) is 0 Å². The van der Waals surface area contributed by atoms with Crippen LogP contribution in [0.4, 0.5) is 0 Å². The Morgan fingerprint density at radius 2 is 0.897 bits per heavy atom. The summed E-state index contributed by atoms with van der Waals surface area (Å²) in [4.78, 5) is 0. The first-order chi connectivity index (χ1) is 19.1. The first-order valence-corrected chi connectivity index (χ1v) is 12.2. The standard InChI is InChI=1S/C34H17N5/c35-18-22-6-8-33-31(14-22)32-15-23(19-36)7-9-34(32)39(33)30-13-25(21-38)12-29(17-30)28-11-24(20-37)10-27(16-28)26-4-2-1-3-5-26/h1-17H. The average Bonchev–Trinajstić information content (AvgIpc) is 3.33. The predicted molar refractivity (Wildman–Crippen MR) is 151 cm³/mol. The van der Waals surface area contributed by atoms with Gasteiger partial charge in [-0.3, -0.25) is 0 Å². The zero-order valence-electron chi connectivity index (χ0n) is 20.6. The van der Waals surface area contributed by atoms with Gasteiger partial charge in [0.15, 0.2) is 0 Å². The molecule has 39 heavy (non-hydrogen) atoms. The van der Waals surface area contributed by atoms with Crippen LogP contribution in [0, 0.1) is 45.3 Å². The Morgan fingerprint density at radius 1 is 0.410 bits per heavy atom. The van der Waals surface area contributed by atoms with E-state index in [0.29, 0.717) is 22.3 Å². The van der Waals surface area contributed by atoms with Crippen molar-refractivity contribution < 1.29 is 0 Å². The number of nitriles is 4. The zero-order chi connectivity index (χ0) is 26.9. The molecule has 6 aromatic rings. The van der Waals surface area contributed by atoms with E-state index in [0.717, 1.165) is 49.7 Å². The molecule has 0 amide bonds. The summed E-state index contributed by atoms with van der Waals surface area (Å²) in [5.41, 5.74) is 8.07. The van der Waals surface area contributed by atoms with E-state index in [1.165, 1.54) is 0 Å². The van der Waals surface area contributed by atoms with Crippen molar-refractivity contribution >= 4 is 21.8 Å².